The van der Waals surface area contributed by atoms with Crippen molar-refractivity contribution < 1.29 is 9.84 Å². The minimum Gasteiger partial charge on any atom is -0.508 e. The summed E-state index contributed by atoms with van der Waals surface area (Å²) >= 11 is 0. The van der Waals surface area contributed by atoms with Gasteiger partial charge in [-0.05, 0) is 6.07 Å². The molecule has 0 aromatic heterocycles. The largest absolute Gasteiger partial charge is 0.508 e. The zero-order valence-electron chi connectivity index (χ0n) is 6.32. The molecule has 0 aliphatic heterocycles. The average molecular weight is 153 g/mol. The van der Waals surface area contributed by atoms with Crippen molar-refractivity contribution in [1.29, 1.82) is 0 Å². The maximum absolute atomic E-state index is 9.25. The number of hydrogen-bond acceptors (Lipinski definition) is 3. The average Bonchev–Trinajstić information content (AvgIpc) is 2.04. The molecule has 0 spiro atoms. The van der Waals surface area contributed by atoms with Crippen molar-refractivity contribution in [1.82, 2.24) is 0 Å². The van der Waals surface area contributed by atoms with Crippen LogP contribution in [0.3, 0.4) is 0 Å². The fourth-order valence-electron chi connectivity index (χ4n) is 0.855. The summed E-state index contributed by atoms with van der Waals surface area (Å²) in [7, 11) is 1.50. The van der Waals surface area contributed by atoms with E-state index in [-0.39, 0.29) is 5.75 Å². The third kappa shape index (κ3) is 1.69. The Kier molecular flexibility index (Phi) is 2.46. The van der Waals surface area contributed by atoms with Gasteiger partial charge in [0, 0.05) is 12.7 Å². The van der Waals surface area contributed by atoms with Gasteiger partial charge in [0.25, 0.3) is 0 Å². The molecule has 1 aromatic carbocycles. The van der Waals surface area contributed by atoms with Crippen molar-refractivity contribution in [3.05, 3.63) is 29.8 Å². The van der Waals surface area contributed by atoms with Crippen molar-refractivity contribution in [2.75, 3.05) is 7.11 Å². The van der Waals surface area contributed by atoms with E-state index >= 15 is 0 Å². The Bertz CT molecular complexity index is 237. The lowest BCUT2D eigenvalue weighted by Gasteiger charge is -2.10. The molecule has 0 heterocycles. The molecule has 3 N–H and O–H groups in total. The minimum atomic E-state index is -0.545. The number of rotatable bonds is 2. The monoisotopic (exact) mass is 153 g/mol. The molecule has 60 valence electrons. The maximum Gasteiger partial charge on any atom is 0.135 e. The molecule has 1 atom stereocenters. The molecule has 3 nitrogen and oxygen atoms in total. The molecule has 1 rings (SSSR count). The molecule has 0 radical (unpaired) electrons. The molecule has 0 fully saturated rings. The number of para-hydroxylation sites is 1. The van der Waals surface area contributed by atoms with Gasteiger partial charge in [0.1, 0.15) is 12.0 Å². The highest BCUT2D eigenvalue weighted by molar-refractivity contribution is 5.33. The van der Waals surface area contributed by atoms with E-state index in [2.05, 4.69) is 0 Å². The Labute approximate surface area is 65.4 Å². The fraction of sp³-hybridized carbons (Fsp3) is 0.250. The minimum absolute atomic E-state index is 0.168. The summed E-state index contributed by atoms with van der Waals surface area (Å²) in [5.41, 5.74) is 6.12. The van der Waals surface area contributed by atoms with Crippen LogP contribution in [0.2, 0.25) is 0 Å². The number of phenolic OH excluding ortho intramolecular Hbond substituents is 1. The maximum atomic E-state index is 9.25. The highest BCUT2D eigenvalue weighted by Gasteiger charge is 2.07. The van der Waals surface area contributed by atoms with Gasteiger partial charge in [-0.3, -0.25) is 0 Å². The first-order chi connectivity index (χ1) is 5.25. The van der Waals surface area contributed by atoms with Gasteiger partial charge in [-0.1, -0.05) is 18.2 Å². The van der Waals surface area contributed by atoms with E-state index in [1.807, 2.05) is 0 Å². The molecule has 1 aromatic rings. The van der Waals surface area contributed by atoms with Crippen LogP contribution >= 0.6 is 0 Å². The van der Waals surface area contributed by atoms with Gasteiger partial charge in [-0.25, -0.2) is 0 Å². The van der Waals surface area contributed by atoms with Gasteiger partial charge in [0.2, 0.25) is 0 Å². The Morgan fingerprint density at radius 2 is 2.09 bits per heavy atom. The zero-order chi connectivity index (χ0) is 8.27. The number of benzene rings is 1. The van der Waals surface area contributed by atoms with E-state index in [4.69, 9.17) is 10.5 Å². The molecule has 0 saturated heterocycles. The lowest BCUT2D eigenvalue weighted by molar-refractivity contribution is 0.107. The van der Waals surface area contributed by atoms with E-state index in [1.165, 1.54) is 7.11 Å². The van der Waals surface area contributed by atoms with Crippen molar-refractivity contribution >= 4 is 0 Å². The summed E-state index contributed by atoms with van der Waals surface area (Å²) < 4.78 is 4.83. The Morgan fingerprint density at radius 3 is 2.64 bits per heavy atom. The Morgan fingerprint density at radius 1 is 1.45 bits per heavy atom. The topological polar surface area (TPSA) is 55.5 Å². The van der Waals surface area contributed by atoms with E-state index in [0.717, 1.165) is 0 Å². The second kappa shape index (κ2) is 3.37. The van der Waals surface area contributed by atoms with Gasteiger partial charge in [0.05, 0.1) is 0 Å². The number of aromatic hydroxyl groups is 1. The van der Waals surface area contributed by atoms with Crippen LogP contribution < -0.4 is 5.73 Å². The molecule has 1 unspecified atom stereocenters. The smallest absolute Gasteiger partial charge is 0.135 e. The molecular weight excluding hydrogens is 142 g/mol. The lowest BCUT2D eigenvalue weighted by Crippen LogP contribution is -2.11. The van der Waals surface area contributed by atoms with Crippen molar-refractivity contribution in [2.45, 2.75) is 6.23 Å². The molecule has 3 heteroatoms. The fourth-order valence-corrected chi connectivity index (χ4v) is 0.855. The van der Waals surface area contributed by atoms with Gasteiger partial charge in [-0.15, -0.1) is 0 Å². The summed E-state index contributed by atoms with van der Waals surface area (Å²) in [5.74, 6) is 0.168. The first kappa shape index (κ1) is 8.04. The van der Waals surface area contributed by atoms with E-state index in [0.29, 0.717) is 5.56 Å². The normalized spacial score (nSPS) is 12.9. The predicted octanol–water partition coefficient (Wildman–Crippen LogP) is 0.996. The first-order valence-electron chi connectivity index (χ1n) is 3.32. The Balaban J connectivity index is 2.93. The number of nitrogens with two attached hydrogens (primary N) is 1. The summed E-state index contributed by atoms with van der Waals surface area (Å²) in [6.07, 6.45) is -0.545. The summed E-state index contributed by atoms with van der Waals surface area (Å²) in [6, 6.07) is 6.84. The predicted molar refractivity (Wildman–Crippen MR) is 42.0 cm³/mol. The lowest BCUT2D eigenvalue weighted by atomic mass is 10.2. The standard InChI is InChI=1S/C8H11NO2/c1-11-8(9)6-4-2-3-5-7(6)10/h2-5,8,10H,9H2,1H3. The molecule has 11 heavy (non-hydrogen) atoms. The van der Waals surface area contributed by atoms with Gasteiger partial charge in [-0.2, -0.15) is 0 Å². The van der Waals surface area contributed by atoms with Crippen LogP contribution in [-0.4, -0.2) is 12.2 Å². The summed E-state index contributed by atoms with van der Waals surface area (Å²) in [5, 5.41) is 9.25. The molecular formula is C8H11NO2. The van der Waals surface area contributed by atoms with E-state index in [9.17, 15) is 5.11 Å². The zero-order valence-corrected chi connectivity index (χ0v) is 6.32. The van der Waals surface area contributed by atoms with Crippen LogP contribution in [0.15, 0.2) is 24.3 Å². The van der Waals surface area contributed by atoms with E-state index in [1.54, 1.807) is 24.3 Å². The second-order valence-corrected chi connectivity index (χ2v) is 2.22. The van der Waals surface area contributed by atoms with Gasteiger partial charge < -0.3 is 15.6 Å². The highest BCUT2D eigenvalue weighted by atomic mass is 16.5. The van der Waals surface area contributed by atoms with Crippen LogP contribution in [-0.2, 0) is 4.74 Å². The number of methoxy groups -OCH3 is 1. The molecule has 0 aliphatic carbocycles. The molecule has 0 aliphatic rings. The van der Waals surface area contributed by atoms with Crippen LogP contribution in [0.25, 0.3) is 0 Å². The number of phenols is 1. The molecule has 0 bridgehead atoms. The molecule has 0 amide bonds. The Hall–Kier alpha value is -1.06. The van der Waals surface area contributed by atoms with Crippen LogP contribution in [0, 0.1) is 0 Å². The van der Waals surface area contributed by atoms with Crippen LogP contribution in [0.5, 0.6) is 5.75 Å². The van der Waals surface area contributed by atoms with Crippen molar-refractivity contribution in [3.8, 4) is 5.75 Å². The third-order valence-electron chi connectivity index (χ3n) is 1.50. The SMILES string of the molecule is COC(N)c1ccccc1O. The van der Waals surface area contributed by atoms with Gasteiger partial charge >= 0.3 is 0 Å². The first-order valence-corrected chi connectivity index (χ1v) is 3.32. The van der Waals surface area contributed by atoms with E-state index < -0.39 is 6.23 Å². The van der Waals surface area contributed by atoms with Crippen molar-refractivity contribution in [2.24, 2.45) is 5.73 Å². The summed E-state index contributed by atoms with van der Waals surface area (Å²) in [4.78, 5) is 0. The number of hydrogen-bond donors (Lipinski definition) is 2. The summed E-state index contributed by atoms with van der Waals surface area (Å²) in [6.45, 7) is 0. The van der Waals surface area contributed by atoms with Crippen molar-refractivity contribution in [3.63, 3.8) is 0 Å². The van der Waals surface area contributed by atoms with Crippen LogP contribution in [0.4, 0.5) is 0 Å². The number of ether oxygens (including phenoxy) is 1. The van der Waals surface area contributed by atoms with Crippen LogP contribution in [0.1, 0.15) is 11.8 Å². The quantitative estimate of drug-likeness (QED) is 0.623. The van der Waals surface area contributed by atoms with Gasteiger partial charge in [0.15, 0.2) is 0 Å². The third-order valence-corrected chi connectivity index (χ3v) is 1.50. The second-order valence-electron chi connectivity index (χ2n) is 2.22. The highest BCUT2D eigenvalue weighted by Crippen LogP contribution is 2.21. The molecule has 0 saturated carbocycles.